The molecule has 0 saturated heterocycles. The van der Waals surface area contributed by atoms with Crippen LogP contribution in [0.15, 0.2) is 50.3 Å². The molecule has 6 nitrogen and oxygen atoms in total. The van der Waals surface area contributed by atoms with Gasteiger partial charge in [-0.1, -0.05) is 6.92 Å². The van der Waals surface area contributed by atoms with E-state index in [9.17, 15) is 9.59 Å². The van der Waals surface area contributed by atoms with Gasteiger partial charge in [-0.2, -0.15) is 5.10 Å². The summed E-state index contributed by atoms with van der Waals surface area (Å²) in [4.78, 5) is 23.8. The average Bonchev–Trinajstić information content (AvgIpc) is 2.91. The van der Waals surface area contributed by atoms with Gasteiger partial charge in [0, 0.05) is 29.4 Å². The largest absolute Gasteiger partial charge is 0.423 e. The molecule has 0 aliphatic carbocycles. The van der Waals surface area contributed by atoms with Crippen molar-refractivity contribution in [2.75, 3.05) is 5.32 Å². The number of aromatic nitrogens is 2. The lowest BCUT2D eigenvalue weighted by atomic mass is 10.1. The third-order valence-electron chi connectivity index (χ3n) is 3.73. The first-order valence-electron chi connectivity index (χ1n) is 7.46. The van der Waals surface area contributed by atoms with Gasteiger partial charge < -0.3 is 9.73 Å². The van der Waals surface area contributed by atoms with Crippen molar-refractivity contribution in [3.05, 3.63) is 57.1 Å². The highest BCUT2D eigenvalue weighted by atomic mass is 79.9. The Kier molecular flexibility index (Phi) is 4.53. The number of carbonyl (C=O) groups excluding carboxylic acids is 1. The van der Waals surface area contributed by atoms with Gasteiger partial charge in [-0.25, -0.2) is 4.79 Å². The molecule has 124 valence electrons. The molecule has 0 radical (unpaired) electrons. The summed E-state index contributed by atoms with van der Waals surface area (Å²) in [5.74, 6) is -0.395. The zero-order valence-corrected chi connectivity index (χ0v) is 14.8. The topological polar surface area (TPSA) is 77.1 Å². The zero-order chi connectivity index (χ0) is 17.3. The van der Waals surface area contributed by atoms with Gasteiger partial charge in [0.2, 0.25) is 5.91 Å². The molecule has 0 bridgehead atoms. The quantitative estimate of drug-likeness (QED) is 0.694. The number of amides is 1. The molecule has 0 unspecified atom stereocenters. The predicted octanol–water partition coefficient (Wildman–Crippen LogP) is 3.34. The van der Waals surface area contributed by atoms with Crippen LogP contribution in [0.5, 0.6) is 0 Å². The summed E-state index contributed by atoms with van der Waals surface area (Å²) in [5.41, 5.74) is 1.49. The van der Waals surface area contributed by atoms with Crippen molar-refractivity contribution < 1.29 is 9.21 Å². The second-order valence-corrected chi connectivity index (χ2v) is 6.65. The van der Waals surface area contributed by atoms with Gasteiger partial charge in [-0.3, -0.25) is 9.48 Å². The highest BCUT2D eigenvalue weighted by Crippen LogP contribution is 2.21. The molecule has 7 heteroatoms. The van der Waals surface area contributed by atoms with Crippen molar-refractivity contribution in [1.29, 1.82) is 0 Å². The van der Waals surface area contributed by atoms with E-state index in [2.05, 4.69) is 26.3 Å². The minimum Gasteiger partial charge on any atom is -0.423 e. The lowest BCUT2D eigenvalue weighted by Gasteiger charge is -2.12. The van der Waals surface area contributed by atoms with Crippen LogP contribution in [0.2, 0.25) is 0 Å². The van der Waals surface area contributed by atoms with E-state index in [-0.39, 0.29) is 11.8 Å². The van der Waals surface area contributed by atoms with Crippen LogP contribution in [0.4, 0.5) is 5.69 Å². The molecule has 3 rings (SSSR count). The number of nitrogens with zero attached hydrogens (tertiary/aromatic N) is 2. The maximum absolute atomic E-state index is 12.3. The summed E-state index contributed by atoms with van der Waals surface area (Å²) in [6.45, 7) is 4.15. The zero-order valence-electron chi connectivity index (χ0n) is 13.2. The van der Waals surface area contributed by atoms with E-state index in [0.29, 0.717) is 17.8 Å². The van der Waals surface area contributed by atoms with Crippen LogP contribution >= 0.6 is 15.9 Å². The van der Waals surface area contributed by atoms with Crippen LogP contribution < -0.4 is 10.9 Å². The maximum atomic E-state index is 12.3. The summed E-state index contributed by atoms with van der Waals surface area (Å²) in [7, 11) is 0. The molecular formula is C17H16BrN3O3. The van der Waals surface area contributed by atoms with Crippen LogP contribution in [0.25, 0.3) is 11.0 Å². The van der Waals surface area contributed by atoms with E-state index >= 15 is 0 Å². The highest BCUT2D eigenvalue weighted by Gasteiger charge is 2.15. The number of halogens is 1. The van der Waals surface area contributed by atoms with Crippen LogP contribution in [0, 0.1) is 12.8 Å². The Labute approximate surface area is 146 Å². The summed E-state index contributed by atoms with van der Waals surface area (Å²) < 4.78 is 7.77. The van der Waals surface area contributed by atoms with E-state index in [0.717, 1.165) is 15.4 Å². The van der Waals surface area contributed by atoms with Crippen LogP contribution in [0.3, 0.4) is 0 Å². The van der Waals surface area contributed by atoms with Gasteiger partial charge in [0.1, 0.15) is 5.58 Å². The van der Waals surface area contributed by atoms with Gasteiger partial charge in [-0.05, 0) is 40.5 Å². The molecule has 3 aromatic rings. The first kappa shape index (κ1) is 16.4. The lowest BCUT2D eigenvalue weighted by molar-refractivity contribution is -0.119. The normalized spacial score (nSPS) is 12.3. The van der Waals surface area contributed by atoms with Crippen LogP contribution in [0.1, 0.15) is 12.5 Å². The van der Waals surface area contributed by atoms with Crippen LogP contribution in [-0.2, 0) is 11.3 Å². The molecule has 1 N–H and O–H groups in total. The fourth-order valence-corrected chi connectivity index (χ4v) is 2.80. The van der Waals surface area contributed by atoms with E-state index in [4.69, 9.17) is 4.42 Å². The van der Waals surface area contributed by atoms with Crippen molar-refractivity contribution >= 4 is 38.5 Å². The van der Waals surface area contributed by atoms with Gasteiger partial charge in [0.25, 0.3) is 0 Å². The minimum absolute atomic E-state index is 0.129. The molecule has 0 fully saturated rings. The number of benzene rings is 1. The third-order valence-corrected chi connectivity index (χ3v) is 4.14. The summed E-state index contributed by atoms with van der Waals surface area (Å²) >= 11 is 3.33. The second-order valence-electron chi connectivity index (χ2n) is 5.73. The molecule has 0 aliphatic heterocycles. The summed E-state index contributed by atoms with van der Waals surface area (Å²) in [5, 5.41) is 7.84. The molecule has 1 amide bonds. The van der Waals surface area contributed by atoms with E-state index < -0.39 is 5.63 Å². The lowest BCUT2D eigenvalue weighted by Crippen LogP contribution is -2.24. The average molecular weight is 390 g/mol. The highest BCUT2D eigenvalue weighted by molar-refractivity contribution is 9.10. The Bertz CT molecular complexity index is 961. The third kappa shape index (κ3) is 3.56. The Morgan fingerprint density at radius 2 is 2.21 bits per heavy atom. The number of hydrogen-bond donors (Lipinski definition) is 1. The number of carbonyl (C=O) groups is 1. The summed E-state index contributed by atoms with van der Waals surface area (Å²) in [6.07, 6.45) is 3.50. The Morgan fingerprint density at radius 3 is 2.92 bits per heavy atom. The molecule has 0 saturated carbocycles. The predicted molar refractivity (Wildman–Crippen MR) is 94.9 cm³/mol. The molecule has 0 spiro atoms. The standard InChI is InChI=1S/C17H16BrN3O3/c1-10-5-16(22)24-15-6-13(3-4-14(10)15)20-17(23)11(2)8-21-9-12(18)7-19-21/h3-7,9,11H,8H2,1-2H3,(H,20,23)/t11-/m1/s1. The van der Waals surface area contributed by atoms with Crippen molar-refractivity contribution in [2.45, 2.75) is 20.4 Å². The Balaban J connectivity index is 1.76. The van der Waals surface area contributed by atoms with Gasteiger partial charge in [0.15, 0.2) is 0 Å². The van der Waals surface area contributed by atoms with Crippen molar-refractivity contribution in [1.82, 2.24) is 9.78 Å². The molecular weight excluding hydrogens is 374 g/mol. The minimum atomic E-state index is -0.402. The summed E-state index contributed by atoms with van der Waals surface area (Å²) in [6, 6.07) is 6.74. The van der Waals surface area contributed by atoms with E-state index in [1.54, 1.807) is 23.0 Å². The molecule has 2 heterocycles. The smallest absolute Gasteiger partial charge is 0.336 e. The molecule has 2 aromatic heterocycles. The molecule has 1 atom stereocenters. The monoisotopic (exact) mass is 389 g/mol. The SMILES string of the molecule is Cc1cc(=O)oc2cc(NC(=O)[C@H](C)Cn3cc(Br)cn3)ccc12. The first-order valence-corrected chi connectivity index (χ1v) is 8.25. The van der Waals surface area contributed by atoms with Crippen molar-refractivity contribution in [3.63, 3.8) is 0 Å². The van der Waals surface area contributed by atoms with E-state index in [1.807, 2.05) is 26.1 Å². The molecule has 0 aliphatic rings. The first-order chi connectivity index (χ1) is 11.4. The van der Waals surface area contributed by atoms with Crippen molar-refractivity contribution in [3.8, 4) is 0 Å². The number of fused-ring (bicyclic) bond motifs is 1. The Hall–Kier alpha value is -2.41. The molecule has 1 aromatic carbocycles. The van der Waals surface area contributed by atoms with Crippen LogP contribution in [-0.4, -0.2) is 15.7 Å². The fraction of sp³-hybridized carbons (Fsp3) is 0.235. The number of rotatable bonds is 4. The number of aryl methyl sites for hydroxylation is 1. The fourth-order valence-electron chi connectivity index (χ4n) is 2.47. The number of hydrogen-bond acceptors (Lipinski definition) is 4. The van der Waals surface area contributed by atoms with Crippen molar-refractivity contribution in [2.24, 2.45) is 5.92 Å². The van der Waals surface area contributed by atoms with Gasteiger partial charge >= 0.3 is 5.63 Å². The Morgan fingerprint density at radius 1 is 1.42 bits per heavy atom. The second kappa shape index (κ2) is 6.60. The molecule has 24 heavy (non-hydrogen) atoms. The van der Waals surface area contributed by atoms with Gasteiger partial charge in [0.05, 0.1) is 23.1 Å². The number of nitrogens with one attached hydrogen (secondary N) is 1. The maximum Gasteiger partial charge on any atom is 0.336 e. The van der Waals surface area contributed by atoms with E-state index in [1.165, 1.54) is 6.07 Å². The van der Waals surface area contributed by atoms with Gasteiger partial charge in [-0.15, -0.1) is 0 Å². The number of anilines is 1.